The molecule has 1 atom stereocenters. The van der Waals surface area contributed by atoms with E-state index in [2.05, 4.69) is 34.9 Å². The van der Waals surface area contributed by atoms with Crippen LogP contribution < -0.4 is 11.5 Å². The van der Waals surface area contributed by atoms with Gasteiger partial charge in [0.25, 0.3) is 0 Å². The highest BCUT2D eigenvalue weighted by Crippen LogP contribution is 2.26. The zero-order valence-electron chi connectivity index (χ0n) is 12.9. The van der Waals surface area contributed by atoms with Crippen molar-refractivity contribution >= 4 is 16.9 Å². The van der Waals surface area contributed by atoms with Crippen LogP contribution in [0.25, 0.3) is 22.2 Å². The van der Waals surface area contributed by atoms with E-state index in [9.17, 15) is 0 Å². The SMILES string of the molecule is CC(C)CC(N)c1nc2ccc(-c3ccnc(N)c3)cc2[nH]1. The van der Waals surface area contributed by atoms with Gasteiger partial charge < -0.3 is 16.5 Å². The molecule has 5 nitrogen and oxygen atoms in total. The molecule has 0 aliphatic heterocycles. The molecule has 0 bridgehead atoms. The molecule has 0 aliphatic rings. The minimum absolute atomic E-state index is 0.0626. The number of rotatable bonds is 4. The summed E-state index contributed by atoms with van der Waals surface area (Å²) in [5.41, 5.74) is 16.0. The first-order valence-corrected chi connectivity index (χ1v) is 7.50. The molecule has 2 aromatic heterocycles. The summed E-state index contributed by atoms with van der Waals surface area (Å²) < 4.78 is 0. The molecule has 3 aromatic rings. The molecule has 1 unspecified atom stereocenters. The number of hydrogen-bond acceptors (Lipinski definition) is 4. The van der Waals surface area contributed by atoms with E-state index >= 15 is 0 Å². The summed E-state index contributed by atoms with van der Waals surface area (Å²) in [6.07, 6.45) is 2.62. The standard InChI is InChI=1S/C17H21N5/c1-10(2)7-13(18)17-21-14-4-3-11(8-15(14)22-17)12-5-6-20-16(19)9-12/h3-6,8-10,13H,7,18H2,1-2H3,(H2,19,20)(H,21,22). The van der Waals surface area contributed by atoms with Crippen LogP contribution in [-0.2, 0) is 0 Å². The van der Waals surface area contributed by atoms with Crippen molar-refractivity contribution in [2.24, 2.45) is 11.7 Å². The Morgan fingerprint density at radius 1 is 1.14 bits per heavy atom. The quantitative estimate of drug-likeness (QED) is 0.688. The normalized spacial score (nSPS) is 12.9. The summed E-state index contributed by atoms with van der Waals surface area (Å²) in [7, 11) is 0. The molecule has 2 heterocycles. The van der Waals surface area contributed by atoms with Crippen molar-refractivity contribution in [2.75, 3.05) is 5.73 Å². The molecule has 5 N–H and O–H groups in total. The van der Waals surface area contributed by atoms with Crippen LogP contribution in [0.4, 0.5) is 5.82 Å². The van der Waals surface area contributed by atoms with Gasteiger partial charge in [-0.15, -0.1) is 0 Å². The summed E-state index contributed by atoms with van der Waals surface area (Å²) in [6.45, 7) is 4.32. The first-order chi connectivity index (χ1) is 10.5. The molecule has 22 heavy (non-hydrogen) atoms. The van der Waals surface area contributed by atoms with Crippen molar-refractivity contribution in [1.29, 1.82) is 0 Å². The highest BCUT2D eigenvalue weighted by molar-refractivity contribution is 5.82. The average Bonchev–Trinajstić information content (AvgIpc) is 2.89. The maximum Gasteiger partial charge on any atom is 0.124 e. The van der Waals surface area contributed by atoms with Crippen molar-refractivity contribution in [2.45, 2.75) is 26.3 Å². The number of pyridine rings is 1. The third-order valence-corrected chi connectivity index (χ3v) is 3.69. The van der Waals surface area contributed by atoms with E-state index in [0.29, 0.717) is 11.7 Å². The molecule has 1 aromatic carbocycles. The van der Waals surface area contributed by atoms with E-state index in [4.69, 9.17) is 11.5 Å². The van der Waals surface area contributed by atoms with Crippen molar-refractivity contribution in [1.82, 2.24) is 15.0 Å². The number of aromatic nitrogens is 3. The Hall–Kier alpha value is -2.40. The van der Waals surface area contributed by atoms with Crippen molar-refractivity contribution in [3.05, 3.63) is 42.4 Å². The lowest BCUT2D eigenvalue weighted by Gasteiger charge is -2.10. The second-order valence-electron chi connectivity index (χ2n) is 6.06. The third kappa shape index (κ3) is 2.94. The molecule has 0 saturated heterocycles. The first kappa shape index (κ1) is 14.5. The number of aromatic amines is 1. The predicted octanol–water partition coefficient (Wildman–Crippen LogP) is 3.25. The molecule has 5 heteroatoms. The number of nitrogens with one attached hydrogen (secondary N) is 1. The largest absolute Gasteiger partial charge is 0.384 e. The van der Waals surface area contributed by atoms with Crippen molar-refractivity contribution in [3.8, 4) is 11.1 Å². The maximum atomic E-state index is 6.21. The van der Waals surface area contributed by atoms with E-state index in [-0.39, 0.29) is 6.04 Å². The number of benzene rings is 1. The Balaban J connectivity index is 1.96. The van der Waals surface area contributed by atoms with E-state index < -0.39 is 0 Å². The lowest BCUT2D eigenvalue weighted by atomic mass is 10.0. The number of fused-ring (bicyclic) bond motifs is 1. The van der Waals surface area contributed by atoms with Gasteiger partial charge in [0.1, 0.15) is 11.6 Å². The van der Waals surface area contributed by atoms with Crippen LogP contribution in [0.1, 0.15) is 32.1 Å². The molecule has 0 fully saturated rings. The monoisotopic (exact) mass is 295 g/mol. The average molecular weight is 295 g/mol. The lowest BCUT2D eigenvalue weighted by molar-refractivity contribution is 0.496. The van der Waals surface area contributed by atoms with Gasteiger partial charge >= 0.3 is 0 Å². The van der Waals surface area contributed by atoms with Crippen molar-refractivity contribution < 1.29 is 0 Å². The van der Waals surface area contributed by atoms with Gasteiger partial charge in [-0.05, 0) is 47.7 Å². The van der Waals surface area contributed by atoms with Gasteiger partial charge in [-0.2, -0.15) is 0 Å². The smallest absolute Gasteiger partial charge is 0.124 e. The van der Waals surface area contributed by atoms with Gasteiger partial charge in [0.2, 0.25) is 0 Å². The van der Waals surface area contributed by atoms with Crippen molar-refractivity contribution in [3.63, 3.8) is 0 Å². The maximum absolute atomic E-state index is 6.21. The van der Waals surface area contributed by atoms with E-state index in [0.717, 1.165) is 34.4 Å². The Morgan fingerprint density at radius 2 is 1.91 bits per heavy atom. The second-order valence-corrected chi connectivity index (χ2v) is 6.06. The highest BCUT2D eigenvalue weighted by Gasteiger charge is 2.13. The summed E-state index contributed by atoms with van der Waals surface area (Å²) in [5, 5.41) is 0. The topological polar surface area (TPSA) is 93.6 Å². The molecular formula is C17H21N5. The van der Waals surface area contributed by atoms with Crippen LogP contribution in [0.15, 0.2) is 36.5 Å². The van der Waals surface area contributed by atoms with E-state index in [1.165, 1.54) is 0 Å². The van der Waals surface area contributed by atoms with Gasteiger partial charge in [-0.3, -0.25) is 0 Å². The second kappa shape index (κ2) is 5.77. The van der Waals surface area contributed by atoms with E-state index in [1.807, 2.05) is 24.3 Å². The van der Waals surface area contributed by atoms with Gasteiger partial charge in [-0.1, -0.05) is 19.9 Å². The minimum Gasteiger partial charge on any atom is -0.384 e. The van der Waals surface area contributed by atoms with E-state index in [1.54, 1.807) is 6.20 Å². The number of nitrogen functional groups attached to an aromatic ring is 1. The molecule has 0 spiro atoms. The molecule has 0 aliphatic carbocycles. The summed E-state index contributed by atoms with van der Waals surface area (Å²) >= 11 is 0. The predicted molar refractivity (Wildman–Crippen MR) is 90.1 cm³/mol. The lowest BCUT2D eigenvalue weighted by Crippen LogP contribution is -2.14. The Bertz CT molecular complexity index is 791. The van der Waals surface area contributed by atoms with Gasteiger partial charge in [0.15, 0.2) is 0 Å². The fourth-order valence-electron chi connectivity index (χ4n) is 2.63. The fraction of sp³-hybridized carbons (Fsp3) is 0.294. The molecular weight excluding hydrogens is 274 g/mol. The van der Waals surface area contributed by atoms with Crippen LogP contribution in [0.2, 0.25) is 0 Å². The highest BCUT2D eigenvalue weighted by atomic mass is 15.0. The number of imidazole rings is 1. The summed E-state index contributed by atoms with van der Waals surface area (Å²) in [5.74, 6) is 1.90. The molecule has 0 saturated carbocycles. The number of anilines is 1. The third-order valence-electron chi connectivity index (χ3n) is 3.69. The Labute approximate surface area is 129 Å². The molecule has 3 rings (SSSR count). The van der Waals surface area contributed by atoms with Crippen LogP contribution in [0, 0.1) is 5.92 Å². The summed E-state index contributed by atoms with van der Waals surface area (Å²) in [6, 6.07) is 9.86. The van der Waals surface area contributed by atoms with Gasteiger partial charge in [0.05, 0.1) is 17.1 Å². The molecule has 114 valence electrons. The zero-order valence-corrected chi connectivity index (χ0v) is 12.9. The molecule has 0 amide bonds. The fourth-order valence-corrected chi connectivity index (χ4v) is 2.63. The van der Waals surface area contributed by atoms with Crippen LogP contribution in [0.3, 0.4) is 0 Å². The summed E-state index contributed by atoms with van der Waals surface area (Å²) in [4.78, 5) is 12.0. The number of H-pyrrole nitrogens is 1. The Morgan fingerprint density at radius 3 is 2.64 bits per heavy atom. The van der Waals surface area contributed by atoms with Crippen LogP contribution >= 0.6 is 0 Å². The first-order valence-electron chi connectivity index (χ1n) is 7.50. The number of nitrogens with two attached hydrogens (primary N) is 2. The number of hydrogen-bond donors (Lipinski definition) is 3. The Kier molecular flexibility index (Phi) is 3.81. The molecule has 0 radical (unpaired) electrons. The number of nitrogens with zero attached hydrogens (tertiary/aromatic N) is 2. The van der Waals surface area contributed by atoms with Crippen LogP contribution in [-0.4, -0.2) is 15.0 Å². The zero-order chi connectivity index (χ0) is 15.7. The van der Waals surface area contributed by atoms with Gasteiger partial charge in [0, 0.05) is 6.20 Å². The minimum atomic E-state index is -0.0626. The van der Waals surface area contributed by atoms with Gasteiger partial charge in [-0.25, -0.2) is 9.97 Å². The van der Waals surface area contributed by atoms with Crippen LogP contribution in [0.5, 0.6) is 0 Å².